The summed E-state index contributed by atoms with van der Waals surface area (Å²) in [6.07, 6.45) is 2.62. The molecular formula is C14H17N3O2. The smallest absolute Gasteiger partial charge is 0.325 e. The Kier molecular flexibility index (Phi) is 4.28. The lowest BCUT2D eigenvalue weighted by molar-refractivity contribution is -0.138. The van der Waals surface area contributed by atoms with Gasteiger partial charge in [-0.25, -0.2) is 4.98 Å². The van der Waals surface area contributed by atoms with Crippen molar-refractivity contribution in [3.8, 4) is 0 Å². The molecule has 0 bridgehead atoms. The third-order valence-corrected chi connectivity index (χ3v) is 2.80. The molecule has 2 rings (SSSR count). The summed E-state index contributed by atoms with van der Waals surface area (Å²) in [7, 11) is 1.39. The van der Waals surface area contributed by atoms with E-state index in [-0.39, 0.29) is 12.5 Å². The molecule has 0 saturated carbocycles. The number of carbonyl (C=O) groups is 1. The number of hydrogen-bond acceptors (Lipinski definition) is 5. The van der Waals surface area contributed by atoms with Crippen LogP contribution >= 0.6 is 0 Å². The van der Waals surface area contributed by atoms with E-state index in [1.807, 2.05) is 29.2 Å². The number of carbonyl (C=O) groups excluding carboxylic acids is 1. The first-order valence-electron chi connectivity index (χ1n) is 6.28. The fourth-order valence-corrected chi connectivity index (χ4v) is 1.86. The van der Waals surface area contributed by atoms with Crippen molar-refractivity contribution < 1.29 is 9.53 Å². The maximum atomic E-state index is 11.4. The number of hydrogen-bond donors (Lipinski definition) is 0. The topological polar surface area (TPSA) is 55.3 Å². The van der Waals surface area contributed by atoms with Crippen LogP contribution in [-0.4, -0.2) is 36.1 Å². The van der Waals surface area contributed by atoms with Crippen LogP contribution in [0, 0.1) is 0 Å². The van der Waals surface area contributed by atoms with Gasteiger partial charge in [-0.15, -0.1) is 0 Å². The summed E-state index contributed by atoms with van der Waals surface area (Å²) >= 11 is 0. The van der Waals surface area contributed by atoms with Crippen LogP contribution in [-0.2, 0) is 9.53 Å². The number of esters is 1. The quantitative estimate of drug-likeness (QED) is 0.769. The first-order chi connectivity index (χ1) is 9.24. The van der Waals surface area contributed by atoms with Gasteiger partial charge in [0, 0.05) is 6.54 Å². The zero-order chi connectivity index (χ0) is 13.7. The molecule has 0 aliphatic rings. The zero-order valence-corrected chi connectivity index (χ0v) is 11.2. The van der Waals surface area contributed by atoms with E-state index in [9.17, 15) is 4.79 Å². The Bertz CT molecular complexity index is 571. The number of para-hydroxylation sites is 2. The maximum absolute atomic E-state index is 11.4. The summed E-state index contributed by atoms with van der Waals surface area (Å²) in [5.41, 5.74) is 1.67. The van der Waals surface area contributed by atoms with Crippen molar-refractivity contribution in [2.75, 3.05) is 25.1 Å². The van der Waals surface area contributed by atoms with E-state index in [0.717, 1.165) is 24.0 Å². The van der Waals surface area contributed by atoms with Gasteiger partial charge < -0.3 is 9.64 Å². The standard InChI is InChI=1S/C14H17N3O2/c1-3-8-17(10-14(18)19-2)13-9-15-11-6-4-5-7-12(11)16-13/h4-7,9H,3,8,10H2,1-2H3. The molecular weight excluding hydrogens is 242 g/mol. The summed E-state index contributed by atoms with van der Waals surface area (Å²) in [5.74, 6) is 0.425. The second-order valence-electron chi connectivity index (χ2n) is 4.21. The van der Waals surface area contributed by atoms with Gasteiger partial charge in [0.2, 0.25) is 0 Å². The Morgan fingerprint density at radius 1 is 1.32 bits per heavy atom. The number of ether oxygens (including phenoxy) is 1. The van der Waals surface area contributed by atoms with Gasteiger partial charge in [0.05, 0.1) is 24.3 Å². The van der Waals surface area contributed by atoms with Crippen LogP contribution in [0.5, 0.6) is 0 Å². The van der Waals surface area contributed by atoms with Crippen LogP contribution in [0.25, 0.3) is 11.0 Å². The normalized spacial score (nSPS) is 10.4. The summed E-state index contributed by atoms with van der Waals surface area (Å²) < 4.78 is 4.71. The van der Waals surface area contributed by atoms with Crippen molar-refractivity contribution in [2.24, 2.45) is 0 Å². The predicted octanol–water partition coefficient (Wildman–Crippen LogP) is 2.02. The largest absolute Gasteiger partial charge is 0.468 e. The monoisotopic (exact) mass is 259 g/mol. The Balaban J connectivity index is 2.30. The predicted molar refractivity (Wildman–Crippen MR) is 74.1 cm³/mol. The molecule has 0 amide bonds. The van der Waals surface area contributed by atoms with Crippen molar-refractivity contribution in [2.45, 2.75) is 13.3 Å². The average Bonchev–Trinajstić information content (AvgIpc) is 2.46. The number of anilines is 1. The van der Waals surface area contributed by atoms with Crippen LogP contribution in [0.3, 0.4) is 0 Å². The molecule has 0 unspecified atom stereocenters. The van der Waals surface area contributed by atoms with Gasteiger partial charge in [-0.05, 0) is 18.6 Å². The molecule has 1 heterocycles. The molecule has 1 aromatic carbocycles. The Morgan fingerprint density at radius 3 is 2.74 bits per heavy atom. The van der Waals surface area contributed by atoms with Crippen LogP contribution in [0.15, 0.2) is 30.5 Å². The number of fused-ring (bicyclic) bond motifs is 1. The minimum atomic E-state index is -0.275. The molecule has 2 aromatic rings. The Labute approximate surface area is 112 Å². The van der Waals surface area contributed by atoms with E-state index in [4.69, 9.17) is 4.74 Å². The number of methoxy groups -OCH3 is 1. The molecule has 0 N–H and O–H groups in total. The third kappa shape index (κ3) is 3.19. The molecule has 1 aromatic heterocycles. The highest BCUT2D eigenvalue weighted by Crippen LogP contribution is 2.15. The molecule has 0 aliphatic heterocycles. The molecule has 0 aliphatic carbocycles. The van der Waals surface area contributed by atoms with Gasteiger partial charge in [-0.2, -0.15) is 0 Å². The minimum absolute atomic E-state index is 0.192. The van der Waals surface area contributed by atoms with E-state index in [2.05, 4.69) is 16.9 Å². The Hall–Kier alpha value is -2.17. The minimum Gasteiger partial charge on any atom is -0.468 e. The van der Waals surface area contributed by atoms with Crippen molar-refractivity contribution in [1.29, 1.82) is 0 Å². The molecule has 0 fully saturated rings. The summed E-state index contributed by atoms with van der Waals surface area (Å²) in [4.78, 5) is 22.2. The van der Waals surface area contributed by atoms with Gasteiger partial charge in [0.1, 0.15) is 12.4 Å². The van der Waals surface area contributed by atoms with Crippen LogP contribution in [0.2, 0.25) is 0 Å². The van der Waals surface area contributed by atoms with Crippen molar-refractivity contribution in [3.05, 3.63) is 30.5 Å². The molecule has 0 atom stereocenters. The molecule has 5 nitrogen and oxygen atoms in total. The molecule has 100 valence electrons. The number of benzene rings is 1. The van der Waals surface area contributed by atoms with Gasteiger partial charge in [0.25, 0.3) is 0 Å². The fourth-order valence-electron chi connectivity index (χ4n) is 1.86. The van der Waals surface area contributed by atoms with E-state index >= 15 is 0 Å². The van der Waals surface area contributed by atoms with Gasteiger partial charge in [-0.3, -0.25) is 9.78 Å². The number of nitrogens with zero attached hydrogens (tertiary/aromatic N) is 3. The lowest BCUT2D eigenvalue weighted by Gasteiger charge is -2.21. The van der Waals surface area contributed by atoms with Crippen molar-refractivity contribution in [3.63, 3.8) is 0 Å². The second-order valence-corrected chi connectivity index (χ2v) is 4.21. The lowest BCUT2D eigenvalue weighted by Crippen LogP contribution is -2.32. The summed E-state index contributed by atoms with van der Waals surface area (Å²) in [5, 5.41) is 0. The Morgan fingerprint density at radius 2 is 2.05 bits per heavy atom. The second kappa shape index (κ2) is 6.13. The zero-order valence-electron chi connectivity index (χ0n) is 11.2. The van der Waals surface area contributed by atoms with Gasteiger partial charge in [0.15, 0.2) is 0 Å². The van der Waals surface area contributed by atoms with Gasteiger partial charge in [-0.1, -0.05) is 19.1 Å². The van der Waals surface area contributed by atoms with Crippen LogP contribution in [0.1, 0.15) is 13.3 Å². The number of rotatable bonds is 5. The SMILES string of the molecule is CCCN(CC(=O)OC)c1cnc2ccccc2n1. The summed E-state index contributed by atoms with van der Waals surface area (Å²) in [6.45, 7) is 2.98. The van der Waals surface area contributed by atoms with E-state index in [1.165, 1.54) is 7.11 Å². The van der Waals surface area contributed by atoms with E-state index in [1.54, 1.807) is 6.20 Å². The molecule has 0 saturated heterocycles. The fraction of sp³-hybridized carbons (Fsp3) is 0.357. The average molecular weight is 259 g/mol. The first-order valence-corrected chi connectivity index (χ1v) is 6.28. The molecule has 0 spiro atoms. The molecule has 0 radical (unpaired) electrons. The molecule has 5 heteroatoms. The summed E-state index contributed by atoms with van der Waals surface area (Å²) in [6, 6.07) is 7.67. The highest BCUT2D eigenvalue weighted by Gasteiger charge is 2.13. The van der Waals surface area contributed by atoms with Crippen LogP contribution < -0.4 is 4.90 Å². The first kappa shape index (κ1) is 13.3. The molecule has 19 heavy (non-hydrogen) atoms. The van der Waals surface area contributed by atoms with Crippen LogP contribution in [0.4, 0.5) is 5.82 Å². The van der Waals surface area contributed by atoms with Gasteiger partial charge >= 0.3 is 5.97 Å². The highest BCUT2D eigenvalue weighted by molar-refractivity contribution is 5.78. The van der Waals surface area contributed by atoms with Crippen molar-refractivity contribution >= 4 is 22.8 Å². The highest BCUT2D eigenvalue weighted by atomic mass is 16.5. The lowest BCUT2D eigenvalue weighted by atomic mass is 10.3. The third-order valence-electron chi connectivity index (χ3n) is 2.80. The van der Waals surface area contributed by atoms with E-state index in [0.29, 0.717) is 5.82 Å². The number of aromatic nitrogens is 2. The maximum Gasteiger partial charge on any atom is 0.325 e. The van der Waals surface area contributed by atoms with Crippen molar-refractivity contribution in [1.82, 2.24) is 9.97 Å². The van der Waals surface area contributed by atoms with E-state index < -0.39 is 0 Å².